The monoisotopic (exact) mass is 720 g/mol. The van der Waals surface area contributed by atoms with Gasteiger partial charge in [-0.15, -0.1) is 0 Å². The molecule has 0 radical (unpaired) electrons. The number of alkyl halides is 1. The fraction of sp³-hybridized carbons (Fsp3) is 0.286. The first-order valence-corrected chi connectivity index (χ1v) is 17.9. The standard InChI is InChI=1S/C42H41BrO6/c1-44-41-40-39(46-27-32-17-13-14-18-33(32)28-47-40)38(45-26-31-16-12-11-15-30(31)25-43)37(49-41)29-48-42(34-19-5-2-6-20-34,35-21-7-3-8-22-35)36-23-9-4-10-24-36/h2-24,37-41H,25-29H2,1H3/t37-,38-,39+,40-,41+/m1/s1. The van der Waals surface area contributed by atoms with Gasteiger partial charge >= 0.3 is 0 Å². The molecule has 6 nitrogen and oxygen atoms in total. The van der Waals surface area contributed by atoms with Gasteiger partial charge in [0.1, 0.15) is 30.0 Å². The Morgan fingerprint density at radius 1 is 0.633 bits per heavy atom. The first-order valence-electron chi connectivity index (χ1n) is 16.7. The van der Waals surface area contributed by atoms with Crippen molar-refractivity contribution in [1.29, 1.82) is 0 Å². The highest BCUT2D eigenvalue weighted by Crippen LogP contribution is 2.42. The van der Waals surface area contributed by atoms with Gasteiger partial charge in [-0.1, -0.05) is 155 Å². The molecule has 5 atom stereocenters. The molecule has 0 unspecified atom stereocenters. The zero-order chi connectivity index (χ0) is 33.5. The summed E-state index contributed by atoms with van der Waals surface area (Å²) < 4.78 is 40.2. The summed E-state index contributed by atoms with van der Waals surface area (Å²) >= 11 is 3.64. The predicted octanol–water partition coefficient (Wildman–Crippen LogP) is 8.33. The molecule has 49 heavy (non-hydrogen) atoms. The zero-order valence-electron chi connectivity index (χ0n) is 27.5. The smallest absolute Gasteiger partial charge is 0.186 e. The lowest BCUT2D eigenvalue weighted by Crippen LogP contribution is -2.62. The van der Waals surface area contributed by atoms with Gasteiger partial charge in [0.05, 0.1) is 26.4 Å². The molecule has 0 aromatic heterocycles. The lowest BCUT2D eigenvalue weighted by Gasteiger charge is -2.47. The average molecular weight is 722 g/mol. The number of benzene rings is 5. The Morgan fingerprint density at radius 3 is 1.65 bits per heavy atom. The van der Waals surface area contributed by atoms with Crippen LogP contribution in [0, 0.1) is 0 Å². The van der Waals surface area contributed by atoms with Crippen LogP contribution in [0.2, 0.25) is 0 Å². The summed E-state index contributed by atoms with van der Waals surface area (Å²) in [7, 11) is 1.64. The third kappa shape index (κ3) is 7.16. The number of hydrogen-bond acceptors (Lipinski definition) is 6. The second-order valence-electron chi connectivity index (χ2n) is 12.4. The summed E-state index contributed by atoms with van der Waals surface area (Å²) in [6.07, 6.45) is -2.80. The van der Waals surface area contributed by atoms with E-state index in [1.165, 1.54) is 5.56 Å². The molecule has 7 rings (SSSR count). The lowest BCUT2D eigenvalue weighted by molar-refractivity contribution is -0.326. The predicted molar refractivity (Wildman–Crippen MR) is 192 cm³/mol. The van der Waals surface area contributed by atoms with Gasteiger partial charge in [-0.2, -0.15) is 0 Å². The maximum absolute atomic E-state index is 7.27. The second kappa shape index (κ2) is 15.9. The van der Waals surface area contributed by atoms with Crippen LogP contribution in [0.15, 0.2) is 140 Å². The van der Waals surface area contributed by atoms with Crippen molar-refractivity contribution in [3.05, 3.63) is 178 Å². The first kappa shape index (κ1) is 33.8. The van der Waals surface area contributed by atoms with Crippen LogP contribution >= 0.6 is 15.9 Å². The second-order valence-corrected chi connectivity index (χ2v) is 12.9. The number of rotatable bonds is 11. The van der Waals surface area contributed by atoms with E-state index in [2.05, 4.69) is 76.6 Å². The summed E-state index contributed by atoms with van der Waals surface area (Å²) in [4.78, 5) is 0. The Kier molecular flexibility index (Phi) is 11.0. The summed E-state index contributed by atoms with van der Waals surface area (Å²) in [5.41, 5.74) is 6.53. The van der Waals surface area contributed by atoms with Crippen molar-refractivity contribution in [2.45, 2.75) is 61.5 Å². The van der Waals surface area contributed by atoms with Crippen LogP contribution < -0.4 is 0 Å². The van der Waals surface area contributed by atoms with Gasteiger partial charge < -0.3 is 28.4 Å². The summed E-state index contributed by atoms with van der Waals surface area (Å²) in [6, 6.07) is 47.5. The molecular formula is C42H41BrO6. The van der Waals surface area contributed by atoms with Crippen molar-refractivity contribution in [2.75, 3.05) is 13.7 Å². The molecule has 2 aliphatic rings. The third-order valence-electron chi connectivity index (χ3n) is 9.50. The number of methoxy groups -OCH3 is 1. The van der Waals surface area contributed by atoms with Crippen LogP contribution in [0.4, 0.5) is 0 Å². The van der Waals surface area contributed by atoms with Crippen molar-refractivity contribution in [2.24, 2.45) is 0 Å². The molecule has 5 aromatic carbocycles. The number of hydrogen-bond donors (Lipinski definition) is 0. The topological polar surface area (TPSA) is 55.4 Å². The quantitative estimate of drug-likeness (QED) is 0.101. The van der Waals surface area contributed by atoms with Crippen LogP contribution in [0.25, 0.3) is 0 Å². The maximum atomic E-state index is 7.27. The number of ether oxygens (including phenoxy) is 6. The molecular weight excluding hydrogens is 680 g/mol. The molecule has 5 aromatic rings. The Balaban J connectivity index is 1.27. The summed E-state index contributed by atoms with van der Waals surface area (Å²) in [5, 5.41) is 0.724. The molecule has 0 aliphatic carbocycles. The maximum Gasteiger partial charge on any atom is 0.186 e. The Bertz CT molecular complexity index is 1670. The molecule has 0 amide bonds. The Hall–Kier alpha value is -3.66. The van der Waals surface area contributed by atoms with E-state index >= 15 is 0 Å². The largest absolute Gasteiger partial charge is 0.368 e. The SMILES string of the molecule is CO[C@H]1O[C@H](COC(c2ccccc2)(c2ccccc2)c2ccccc2)[C@@H](OCc2ccccc2CBr)[C@@H]2OCc3ccccc3CO[C@@H]12. The van der Waals surface area contributed by atoms with Crippen LogP contribution in [-0.2, 0) is 59.2 Å². The van der Waals surface area contributed by atoms with E-state index in [0.717, 1.165) is 38.7 Å². The Labute approximate surface area is 297 Å². The normalized spacial score (nSPS) is 22.4. The number of fused-ring (bicyclic) bond motifs is 2. The van der Waals surface area contributed by atoms with Crippen LogP contribution in [0.5, 0.6) is 0 Å². The molecule has 0 spiro atoms. The van der Waals surface area contributed by atoms with E-state index in [9.17, 15) is 0 Å². The number of halogens is 1. The average Bonchev–Trinajstić information content (AvgIpc) is 3.16. The van der Waals surface area contributed by atoms with Crippen molar-refractivity contribution in [1.82, 2.24) is 0 Å². The first-order chi connectivity index (χ1) is 24.2. The van der Waals surface area contributed by atoms with E-state index in [1.54, 1.807) is 7.11 Å². The summed E-state index contributed by atoms with van der Waals surface area (Å²) in [5.74, 6) is 0. The molecule has 7 heteroatoms. The van der Waals surface area contributed by atoms with Crippen LogP contribution in [-0.4, -0.2) is 44.4 Å². The van der Waals surface area contributed by atoms with Gasteiger partial charge in [0, 0.05) is 12.4 Å². The fourth-order valence-electron chi connectivity index (χ4n) is 6.97. The fourth-order valence-corrected chi connectivity index (χ4v) is 7.52. The highest BCUT2D eigenvalue weighted by Gasteiger charge is 2.50. The minimum absolute atomic E-state index is 0.187. The lowest BCUT2D eigenvalue weighted by atomic mass is 9.80. The highest BCUT2D eigenvalue weighted by molar-refractivity contribution is 9.08. The van der Waals surface area contributed by atoms with Crippen molar-refractivity contribution in [3.63, 3.8) is 0 Å². The van der Waals surface area contributed by atoms with E-state index in [4.69, 9.17) is 28.4 Å². The minimum Gasteiger partial charge on any atom is -0.368 e. The van der Waals surface area contributed by atoms with Gasteiger partial charge in [0.15, 0.2) is 6.29 Å². The van der Waals surface area contributed by atoms with E-state index in [-0.39, 0.29) is 6.61 Å². The zero-order valence-corrected chi connectivity index (χ0v) is 29.1. The van der Waals surface area contributed by atoms with E-state index in [1.807, 2.05) is 78.9 Å². The third-order valence-corrected chi connectivity index (χ3v) is 10.1. The van der Waals surface area contributed by atoms with Gasteiger partial charge in [-0.05, 0) is 38.9 Å². The minimum atomic E-state index is -0.934. The Morgan fingerprint density at radius 2 is 1.12 bits per heavy atom. The molecule has 0 N–H and O–H groups in total. The van der Waals surface area contributed by atoms with Crippen molar-refractivity contribution < 1.29 is 28.4 Å². The molecule has 1 fully saturated rings. The van der Waals surface area contributed by atoms with Gasteiger partial charge in [0.25, 0.3) is 0 Å². The van der Waals surface area contributed by atoms with Crippen LogP contribution in [0.3, 0.4) is 0 Å². The highest BCUT2D eigenvalue weighted by atomic mass is 79.9. The van der Waals surface area contributed by atoms with Crippen molar-refractivity contribution >= 4 is 15.9 Å². The van der Waals surface area contributed by atoms with Gasteiger partial charge in [0.2, 0.25) is 0 Å². The molecule has 252 valence electrons. The molecule has 0 bridgehead atoms. The van der Waals surface area contributed by atoms with Crippen molar-refractivity contribution in [3.8, 4) is 0 Å². The molecule has 1 saturated heterocycles. The van der Waals surface area contributed by atoms with Gasteiger partial charge in [-0.3, -0.25) is 0 Å². The van der Waals surface area contributed by atoms with Crippen LogP contribution in [0.1, 0.15) is 38.9 Å². The molecule has 2 aliphatic heterocycles. The van der Waals surface area contributed by atoms with E-state index < -0.39 is 36.3 Å². The molecule has 0 saturated carbocycles. The van der Waals surface area contributed by atoms with E-state index in [0.29, 0.717) is 19.8 Å². The van der Waals surface area contributed by atoms with Gasteiger partial charge in [-0.25, -0.2) is 0 Å². The summed E-state index contributed by atoms with van der Waals surface area (Å²) in [6.45, 7) is 1.40. The molecule has 2 heterocycles.